The Morgan fingerprint density at radius 2 is 1.88 bits per heavy atom. The molecule has 6 nitrogen and oxygen atoms in total. The summed E-state index contributed by atoms with van der Waals surface area (Å²) in [6.45, 7) is 2.56. The van der Waals surface area contributed by atoms with Crippen molar-refractivity contribution in [1.29, 1.82) is 0 Å². The van der Waals surface area contributed by atoms with Gasteiger partial charge < -0.3 is 15.0 Å². The molecule has 17 heavy (non-hydrogen) atoms. The molecule has 2 heterocycles. The van der Waals surface area contributed by atoms with Crippen LogP contribution in [0.25, 0.3) is 0 Å². The monoisotopic (exact) mass is 235 g/mol. The number of esters is 1. The number of aromatic nitrogens is 1. The molecule has 1 aliphatic rings. The van der Waals surface area contributed by atoms with Gasteiger partial charge in [-0.3, -0.25) is 4.98 Å². The number of piperazine rings is 1. The second-order valence-electron chi connectivity index (χ2n) is 3.63. The number of carbonyl (C=O) groups excluding carboxylic acids is 2. The van der Waals surface area contributed by atoms with E-state index in [1.165, 1.54) is 29.4 Å². The van der Waals surface area contributed by atoms with Gasteiger partial charge in [-0.1, -0.05) is 0 Å². The van der Waals surface area contributed by atoms with Crippen LogP contribution in [-0.2, 0) is 4.74 Å². The highest BCUT2D eigenvalue weighted by molar-refractivity contribution is 5.96. The van der Waals surface area contributed by atoms with Gasteiger partial charge in [-0.2, -0.15) is 0 Å². The summed E-state index contributed by atoms with van der Waals surface area (Å²) in [6.07, 6.45) is 2.37. The minimum absolute atomic E-state index is 0.323. The lowest BCUT2D eigenvalue weighted by Gasteiger charge is -2.25. The molecule has 0 aromatic carbocycles. The van der Waals surface area contributed by atoms with E-state index < -0.39 is 12.1 Å². The van der Waals surface area contributed by atoms with Crippen molar-refractivity contribution < 1.29 is 14.3 Å². The first-order valence-electron chi connectivity index (χ1n) is 5.39. The molecule has 0 spiro atoms. The Hall–Kier alpha value is -1.95. The van der Waals surface area contributed by atoms with E-state index in [4.69, 9.17) is 4.74 Å². The number of hydrogen-bond acceptors (Lipinski definition) is 5. The molecule has 1 saturated heterocycles. The molecular weight excluding hydrogens is 222 g/mol. The van der Waals surface area contributed by atoms with Crippen LogP contribution in [0.3, 0.4) is 0 Å². The van der Waals surface area contributed by atoms with Crippen molar-refractivity contribution >= 4 is 12.1 Å². The molecule has 1 aromatic heterocycles. The molecule has 1 fully saturated rings. The van der Waals surface area contributed by atoms with Gasteiger partial charge in [-0.15, -0.1) is 0 Å². The largest absolute Gasteiger partial charge is 0.417 e. The van der Waals surface area contributed by atoms with E-state index in [-0.39, 0.29) is 0 Å². The summed E-state index contributed by atoms with van der Waals surface area (Å²) in [5.41, 5.74) is 0.323. The minimum Gasteiger partial charge on any atom is -0.372 e. The maximum absolute atomic E-state index is 11.6. The Kier molecular flexibility index (Phi) is 3.66. The van der Waals surface area contributed by atoms with Crippen molar-refractivity contribution in [1.82, 2.24) is 15.2 Å². The number of pyridine rings is 1. The molecule has 0 bridgehead atoms. The van der Waals surface area contributed by atoms with Crippen LogP contribution < -0.4 is 5.32 Å². The second kappa shape index (κ2) is 5.40. The van der Waals surface area contributed by atoms with Crippen LogP contribution in [0.4, 0.5) is 4.79 Å². The Balaban J connectivity index is 1.92. The summed E-state index contributed by atoms with van der Waals surface area (Å²) in [5.74, 6) is -0.643. The quantitative estimate of drug-likeness (QED) is 0.558. The van der Waals surface area contributed by atoms with E-state index in [1.54, 1.807) is 0 Å². The zero-order chi connectivity index (χ0) is 12.1. The van der Waals surface area contributed by atoms with Crippen molar-refractivity contribution in [2.45, 2.75) is 0 Å². The first kappa shape index (κ1) is 11.5. The fourth-order valence-corrected chi connectivity index (χ4v) is 1.54. The third-order valence-electron chi connectivity index (χ3n) is 2.47. The lowest BCUT2D eigenvalue weighted by atomic mass is 10.3. The Labute approximate surface area is 98.6 Å². The van der Waals surface area contributed by atoms with Crippen molar-refractivity contribution in [2.24, 2.45) is 0 Å². The van der Waals surface area contributed by atoms with Gasteiger partial charge >= 0.3 is 12.1 Å². The molecule has 0 saturated carbocycles. The molecule has 0 aliphatic carbocycles. The first-order chi connectivity index (χ1) is 8.27. The van der Waals surface area contributed by atoms with Crippen LogP contribution in [0, 0.1) is 0 Å². The van der Waals surface area contributed by atoms with E-state index in [0.717, 1.165) is 13.1 Å². The summed E-state index contributed by atoms with van der Waals surface area (Å²) in [4.78, 5) is 28.5. The van der Waals surface area contributed by atoms with Crippen LogP contribution in [-0.4, -0.2) is 48.1 Å². The lowest BCUT2D eigenvalue weighted by molar-refractivity contribution is 0.0532. The molecule has 1 aliphatic heterocycles. The van der Waals surface area contributed by atoms with Gasteiger partial charge in [0.05, 0.1) is 5.56 Å². The number of amides is 1. The molecule has 2 rings (SSSR count). The van der Waals surface area contributed by atoms with E-state index in [2.05, 4.69) is 10.3 Å². The number of rotatable bonds is 1. The van der Waals surface area contributed by atoms with Gasteiger partial charge in [0.2, 0.25) is 0 Å². The zero-order valence-electron chi connectivity index (χ0n) is 9.26. The predicted octanol–water partition coefficient (Wildman–Crippen LogP) is 0.264. The van der Waals surface area contributed by atoms with Crippen molar-refractivity contribution in [3.8, 4) is 0 Å². The zero-order valence-corrected chi connectivity index (χ0v) is 9.26. The highest BCUT2D eigenvalue weighted by atomic mass is 16.6. The standard InChI is InChI=1S/C11H13N3O3/c15-10(9-1-3-12-4-2-9)17-11(16)14-7-5-13-6-8-14/h1-4,13H,5-8H2. The summed E-state index contributed by atoms with van der Waals surface area (Å²) in [6, 6.07) is 3.01. The topological polar surface area (TPSA) is 71.5 Å². The van der Waals surface area contributed by atoms with E-state index in [1.807, 2.05) is 0 Å². The van der Waals surface area contributed by atoms with E-state index in [9.17, 15) is 9.59 Å². The number of nitrogens with zero attached hydrogens (tertiary/aromatic N) is 2. The smallest absolute Gasteiger partial charge is 0.372 e. The average Bonchev–Trinajstić information content (AvgIpc) is 2.40. The first-order valence-corrected chi connectivity index (χ1v) is 5.39. The van der Waals surface area contributed by atoms with Crippen molar-refractivity contribution in [2.75, 3.05) is 26.2 Å². The molecule has 1 N–H and O–H groups in total. The Morgan fingerprint density at radius 3 is 2.53 bits per heavy atom. The number of carbonyl (C=O) groups is 2. The van der Waals surface area contributed by atoms with Crippen LogP contribution >= 0.6 is 0 Å². The molecule has 90 valence electrons. The van der Waals surface area contributed by atoms with Crippen LogP contribution in [0.2, 0.25) is 0 Å². The van der Waals surface area contributed by atoms with Crippen molar-refractivity contribution in [3.05, 3.63) is 30.1 Å². The molecule has 6 heteroatoms. The fraction of sp³-hybridized carbons (Fsp3) is 0.364. The summed E-state index contributed by atoms with van der Waals surface area (Å²) >= 11 is 0. The van der Waals surface area contributed by atoms with Gasteiger partial charge in [0.1, 0.15) is 0 Å². The normalized spacial score (nSPS) is 15.4. The molecule has 0 unspecified atom stereocenters. The third kappa shape index (κ3) is 3.01. The second-order valence-corrected chi connectivity index (χ2v) is 3.63. The van der Waals surface area contributed by atoms with Crippen LogP contribution in [0.15, 0.2) is 24.5 Å². The molecule has 0 radical (unpaired) electrons. The maximum atomic E-state index is 11.6. The maximum Gasteiger partial charge on any atom is 0.417 e. The van der Waals surface area contributed by atoms with E-state index in [0.29, 0.717) is 18.7 Å². The average molecular weight is 235 g/mol. The highest BCUT2D eigenvalue weighted by Gasteiger charge is 2.20. The van der Waals surface area contributed by atoms with Crippen LogP contribution in [0.1, 0.15) is 10.4 Å². The van der Waals surface area contributed by atoms with E-state index >= 15 is 0 Å². The molecular formula is C11H13N3O3. The fourth-order valence-electron chi connectivity index (χ4n) is 1.54. The van der Waals surface area contributed by atoms with Crippen LogP contribution in [0.5, 0.6) is 0 Å². The predicted molar refractivity (Wildman–Crippen MR) is 59.5 cm³/mol. The van der Waals surface area contributed by atoms with Gasteiger partial charge in [0.25, 0.3) is 0 Å². The SMILES string of the molecule is O=C(OC(=O)N1CCNCC1)c1ccncc1. The summed E-state index contributed by atoms with van der Waals surface area (Å²) in [7, 11) is 0. The van der Waals surface area contributed by atoms with Gasteiger partial charge in [0.15, 0.2) is 0 Å². The summed E-state index contributed by atoms with van der Waals surface area (Å²) in [5, 5.41) is 3.11. The van der Waals surface area contributed by atoms with Gasteiger partial charge in [-0.25, -0.2) is 9.59 Å². The Morgan fingerprint density at radius 1 is 1.24 bits per heavy atom. The minimum atomic E-state index is -0.643. The Bertz CT molecular complexity index is 402. The van der Waals surface area contributed by atoms with Gasteiger partial charge in [0, 0.05) is 38.6 Å². The molecule has 1 amide bonds. The number of ether oxygens (including phenoxy) is 1. The van der Waals surface area contributed by atoms with Crippen molar-refractivity contribution in [3.63, 3.8) is 0 Å². The summed E-state index contributed by atoms with van der Waals surface area (Å²) < 4.78 is 4.77. The lowest BCUT2D eigenvalue weighted by Crippen LogP contribution is -2.47. The molecule has 0 atom stereocenters. The number of nitrogens with one attached hydrogen (secondary N) is 1. The van der Waals surface area contributed by atoms with Gasteiger partial charge in [-0.05, 0) is 12.1 Å². The number of hydrogen-bond donors (Lipinski definition) is 1. The third-order valence-corrected chi connectivity index (χ3v) is 2.47. The molecule has 1 aromatic rings. The highest BCUT2D eigenvalue weighted by Crippen LogP contribution is 2.03.